The van der Waals surface area contributed by atoms with Crippen LogP contribution < -0.4 is 11.1 Å². The van der Waals surface area contributed by atoms with Crippen molar-refractivity contribution in [3.63, 3.8) is 0 Å². The Morgan fingerprint density at radius 1 is 1.47 bits per heavy atom. The minimum atomic E-state index is -0.225. The minimum absolute atomic E-state index is 0.124. The molecule has 5 nitrogen and oxygen atoms in total. The fourth-order valence-electron chi connectivity index (χ4n) is 1.74. The van der Waals surface area contributed by atoms with Gasteiger partial charge in [0.15, 0.2) is 5.69 Å². The number of amides is 1. The van der Waals surface area contributed by atoms with Gasteiger partial charge in [-0.25, -0.2) is 4.68 Å². The van der Waals surface area contributed by atoms with Crippen LogP contribution in [0.15, 0.2) is 30.5 Å². The summed E-state index contributed by atoms with van der Waals surface area (Å²) in [5.74, 6) is -0.225. The van der Waals surface area contributed by atoms with Crippen molar-refractivity contribution in [2.24, 2.45) is 5.73 Å². The number of benzene rings is 1. The lowest BCUT2D eigenvalue weighted by Crippen LogP contribution is -2.18. The van der Waals surface area contributed by atoms with Gasteiger partial charge in [0.1, 0.15) is 0 Å². The second kappa shape index (κ2) is 5.42. The molecule has 1 aromatic heterocycles. The van der Waals surface area contributed by atoms with Crippen molar-refractivity contribution in [1.29, 1.82) is 0 Å². The molecule has 1 amide bonds. The average molecular weight is 279 g/mol. The zero-order chi connectivity index (χ0) is 14.0. The number of nitrogens with zero attached hydrogens (tertiary/aromatic N) is 2. The second-order valence-corrected chi connectivity index (χ2v) is 4.63. The molecule has 6 heteroatoms. The molecule has 2 aromatic rings. The third kappa shape index (κ3) is 2.77. The number of carbonyl (C=O) groups is 1. The van der Waals surface area contributed by atoms with E-state index in [0.717, 1.165) is 11.3 Å². The smallest absolute Gasteiger partial charge is 0.271 e. The Balaban J connectivity index is 2.35. The van der Waals surface area contributed by atoms with E-state index in [0.29, 0.717) is 10.7 Å². The van der Waals surface area contributed by atoms with E-state index in [1.807, 2.05) is 19.1 Å². The van der Waals surface area contributed by atoms with Crippen LogP contribution >= 0.6 is 11.6 Å². The molecule has 1 atom stereocenters. The predicted molar refractivity (Wildman–Crippen MR) is 74.6 cm³/mol. The first-order chi connectivity index (χ1) is 9.02. The summed E-state index contributed by atoms with van der Waals surface area (Å²) < 4.78 is 1.60. The first kappa shape index (κ1) is 13.6. The number of halogens is 1. The van der Waals surface area contributed by atoms with Gasteiger partial charge in [0, 0.05) is 24.3 Å². The number of hydrogen-bond acceptors (Lipinski definition) is 3. The number of carbonyl (C=O) groups excluding carboxylic acids is 1. The van der Waals surface area contributed by atoms with Gasteiger partial charge >= 0.3 is 0 Å². The molecule has 3 N–H and O–H groups in total. The summed E-state index contributed by atoms with van der Waals surface area (Å²) in [4.78, 5) is 11.4. The molecule has 0 saturated carbocycles. The van der Waals surface area contributed by atoms with Gasteiger partial charge in [0.25, 0.3) is 5.91 Å². The van der Waals surface area contributed by atoms with Gasteiger partial charge in [-0.3, -0.25) is 4.79 Å². The molecule has 1 unspecified atom stereocenters. The summed E-state index contributed by atoms with van der Waals surface area (Å²) in [6, 6.07) is 7.03. The van der Waals surface area contributed by atoms with Crippen molar-refractivity contribution in [1.82, 2.24) is 15.1 Å². The first-order valence-electron chi connectivity index (χ1n) is 5.86. The number of aromatic nitrogens is 2. The summed E-state index contributed by atoms with van der Waals surface area (Å²) >= 11 is 6.17. The summed E-state index contributed by atoms with van der Waals surface area (Å²) in [5, 5.41) is 7.29. The molecular formula is C13H15ClN4O. The van der Waals surface area contributed by atoms with E-state index in [9.17, 15) is 4.79 Å². The highest BCUT2D eigenvalue weighted by Crippen LogP contribution is 2.24. The van der Waals surface area contributed by atoms with Crippen molar-refractivity contribution in [3.8, 4) is 5.69 Å². The van der Waals surface area contributed by atoms with Crippen LogP contribution in [0.4, 0.5) is 0 Å². The molecule has 2 rings (SSSR count). The van der Waals surface area contributed by atoms with E-state index >= 15 is 0 Å². The zero-order valence-corrected chi connectivity index (χ0v) is 11.5. The number of nitrogens with two attached hydrogens (primary N) is 1. The summed E-state index contributed by atoms with van der Waals surface area (Å²) in [6.07, 6.45) is 1.71. The third-order valence-electron chi connectivity index (χ3n) is 2.79. The number of hydrogen-bond donors (Lipinski definition) is 2. The molecule has 1 heterocycles. The van der Waals surface area contributed by atoms with Crippen LogP contribution in [0.25, 0.3) is 5.69 Å². The fourth-order valence-corrected chi connectivity index (χ4v) is 2.09. The Morgan fingerprint density at radius 2 is 2.21 bits per heavy atom. The van der Waals surface area contributed by atoms with Crippen molar-refractivity contribution in [2.75, 3.05) is 7.05 Å². The van der Waals surface area contributed by atoms with Gasteiger partial charge < -0.3 is 11.1 Å². The van der Waals surface area contributed by atoms with E-state index in [4.69, 9.17) is 17.3 Å². The van der Waals surface area contributed by atoms with Crippen LogP contribution in [0, 0.1) is 0 Å². The van der Waals surface area contributed by atoms with Crippen LogP contribution in [0.5, 0.6) is 0 Å². The standard InChI is InChI=1S/C13H15ClN4O/c1-8(15)10-4-3-9(7-11(10)14)18-6-5-12(17-18)13(19)16-2/h3-8H,15H2,1-2H3,(H,16,19). The van der Waals surface area contributed by atoms with Crippen LogP contribution in [-0.4, -0.2) is 22.7 Å². The summed E-state index contributed by atoms with van der Waals surface area (Å²) in [6.45, 7) is 1.87. The molecule has 0 aliphatic rings. The zero-order valence-electron chi connectivity index (χ0n) is 10.7. The van der Waals surface area contributed by atoms with Crippen LogP contribution in [0.2, 0.25) is 5.02 Å². The molecule has 0 fully saturated rings. The SMILES string of the molecule is CNC(=O)c1ccn(-c2ccc(C(C)N)c(Cl)c2)n1. The highest BCUT2D eigenvalue weighted by molar-refractivity contribution is 6.31. The maximum Gasteiger partial charge on any atom is 0.271 e. The van der Waals surface area contributed by atoms with E-state index in [2.05, 4.69) is 10.4 Å². The van der Waals surface area contributed by atoms with Crippen molar-refractivity contribution in [2.45, 2.75) is 13.0 Å². The maximum absolute atomic E-state index is 11.4. The Kier molecular flexibility index (Phi) is 3.87. The lowest BCUT2D eigenvalue weighted by molar-refractivity contribution is 0.0957. The quantitative estimate of drug-likeness (QED) is 0.901. The molecule has 0 saturated heterocycles. The van der Waals surface area contributed by atoms with Gasteiger partial charge in [-0.05, 0) is 30.7 Å². The molecule has 0 spiro atoms. The van der Waals surface area contributed by atoms with E-state index in [1.54, 1.807) is 30.1 Å². The lowest BCUT2D eigenvalue weighted by atomic mass is 10.1. The Bertz CT molecular complexity index is 606. The Labute approximate surface area is 116 Å². The molecule has 0 aliphatic heterocycles. The lowest BCUT2D eigenvalue weighted by Gasteiger charge is -2.10. The molecule has 0 radical (unpaired) electrons. The summed E-state index contributed by atoms with van der Waals surface area (Å²) in [5.41, 5.74) is 7.82. The molecular weight excluding hydrogens is 264 g/mol. The van der Waals surface area contributed by atoms with Gasteiger partial charge in [0.05, 0.1) is 5.69 Å². The summed E-state index contributed by atoms with van der Waals surface area (Å²) in [7, 11) is 1.57. The highest BCUT2D eigenvalue weighted by Gasteiger charge is 2.10. The van der Waals surface area contributed by atoms with Crippen LogP contribution in [0.3, 0.4) is 0 Å². The van der Waals surface area contributed by atoms with E-state index in [-0.39, 0.29) is 11.9 Å². The van der Waals surface area contributed by atoms with Crippen molar-refractivity contribution < 1.29 is 4.79 Å². The van der Waals surface area contributed by atoms with Gasteiger partial charge in [0.2, 0.25) is 0 Å². The van der Waals surface area contributed by atoms with Gasteiger partial charge in [-0.1, -0.05) is 17.7 Å². The van der Waals surface area contributed by atoms with Gasteiger partial charge in [-0.2, -0.15) is 5.10 Å². The Hall–Kier alpha value is -1.85. The predicted octanol–water partition coefficient (Wildman–Crippen LogP) is 1.91. The second-order valence-electron chi connectivity index (χ2n) is 4.22. The van der Waals surface area contributed by atoms with Crippen molar-refractivity contribution >= 4 is 17.5 Å². The highest BCUT2D eigenvalue weighted by atomic mass is 35.5. The number of nitrogens with one attached hydrogen (secondary N) is 1. The molecule has 19 heavy (non-hydrogen) atoms. The Morgan fingerprint density at radius 3 is 2.79 bits per heavy atom. The van der Waals surface area contributed by atoms with Gasteiger partial charge in [-0.15, -0.1) is 0 Å². The largest absolute Gasteiger partial charge is 0.354 e. The molecule has 1 aromatic carbocycles. The molecule has 100 valence electrons. The molecule has 0 bridgehead atoms. The maximum atomic E-state index is 11.4. The van der Waals surface area contributed by atoms with E-state index in [1.165, 1.54) is 0 Å². The number of rotatable bonds is 3. The molecule has 0 aliphatic carbocycles. The van der Waals surface area contributed by atoms with Crippen LogP contribution in [0.1, 0.15) is 29.0 Å². The normalized spacial score (nSPS) is 12.2. The third-order valence-corrected chi connectivity index (χ3v) is 3.12. The fraction of sp³-hybridized carbons (Fsp3) is 0.231. The van der Waals surface area contributed by atoms with Crippen LogP contribution in [-0.2, 0) is 0 Å². The monoisotopic (exact) mass is 278 g/mol. The topological polar surface area (TPSA) is 72.9 Å². The van der Waals surface area contributed by atoms with E-state index < -0.39 is 0 Å². The first-order valence-corrected chi connectivity index (χ1v) is 6.24. The van der Waals surface area contributed by atoms with Crippen molar-refractivity contribution in [3.05, 3.63) is 46.7 Å². The average Bonchev–Trinajstić information content (AvgIpc) is 2.86. The minimum Gasteiger partial charge on any atom is -0.354 e.